The summed E-state index contributed by atoms with van der Waals surface area (Å²) in [6.07, 6.45) is 2.25. The van der Waals surface area contributed by atoms with Crippen LogP contribution in [-0.2, 0) is 20.7 Å². The first kappa shape index (κ1) is 23.0. The molecule has 2 aromatic carbocycles. The summed E-state index contributed by atoms with van der Waals surface area (Å²) < 4.78 is 5.61. The van der Waals surface area contributed by atoms with Gasteiger partial charge < -0.3 is 20.5 Å². The topological polar surface area (TPSA) is 118 Å². The molecule has 3 N–H and O–H groups in total. The molecule has 0 bridgehead atoms. The number of carbonyl (C=O) groups excluding carboxylic acids is 2. The van der Waals surface area contributed by atoms with Gasteiger partial charge in [-0.25, -0.2) is 4.79 Å². The monoisotopic (exact) mass is 491 g/mol. The molecule has 3 aromatic rings. The molecule has 1 fully saturated rings. The van der Waals surface area contributed by atoms with Gasteiger partial charge in [-0.15, -0.1) is 11.3 Å². The zero-order valence-electron chi connectivity index (χ0n) is 18.9. The number of amides is 2. The van der Waals surface area contributed by atoms with Crippen molar-refractivity contribution in [2.24, 2.45) is 0 Å². The van der Waals surface area contributed by atoms with Gasteiger partial charge in [0.2, 0.25) is 5.91 Å². The van der Waals surface area contributed by atoms with Gasteiger partial charge in [-0.2, -0.15) is 0 Å². The van der Waals surface area contributed by atoms with Crippen LogP contribution in [0.15, 0.2) is 60.2 Å². The molecule has 35 heavy (non-hydrogen) atoms. The molecule has 0 saturated heterocycles. The number of aromatic nitrogens is 1. The average molecular weight is 492 g/mol. The standard InChI is InChI=1S/C26H25N3O5S/c30-23(31)12-26(9-10-26)29-24(32)22(11-16-13-27-15-35-16)28-25(33)34-14-21-19-7-3-1-5-17(19)18-6-2-4-8-20(18)21/h1-8,13,15,21-22H,9-12,14H2,(H,28,33)(H,29,32)(H,30,31). The zero-order chi connectivity index (χ0) is 24.4. The minimum Gasteiger partial charge on any atom is -0.481 e. The third-order valence-electron chi connectivity index (χ3n) is 6.57. The van der Waals surface area contributed by atoms with Crippen LogP contribution in [0.25, 0.3) is 11.1 Å². The maximum absolute atomic E-state index is 13.0. The average Bonchev–Trinajstić information content (AvgIpc) is 3.25. The summed E-state index contributed by atoms with van der Waals surface area (Å²) in [4.78, 5) is 41.9. The Kier molecular flexibility index (Phi) is 6.25. The summed E-state index contributed by atoms with van der Waals surface area (Å²) in [5, 5.41) is 14.7. The maximum atomic E-state index is 13.0. The summed E-state index contributed by atoms with van der Waals surface area (Å²) in [5.41, 5.74) is 5.39. The molecule has 1 unspecified atom stereocenters. The number of hydrogen-bond donors (Lipinski definition) is 3. The molecule has 1 atom stereocenters. The lowest BCUT2D eigenvalue weighted by Crippen LogP contribution is -2.52. The van der Waals surface area contributed by atoms with E-state index in [2.05, 4.69) is 27.8 Å². The second-order valence-electron chi connectivity index (χ2n) is 9.03. The van der Waals surface area contributed by atoms with Gasteiger partial charge in [0.1, 0.15) is 12.6 Å². The molecule has 1 aromatic heterocycles. The van der Waals surface area contributed by atoms with Crippen LogP contribution in [0.1, 0.15) is 41.2 Å². The van der Waals surface area contributed by atoms with Crippen LogP contribution < -0.4 is 10.6 Å². The number of ether oxygens (including phenoxy) is 1. The van der Waals surface area contributed by atoms with Crippen LogP contribution in [0.5, 0.6) is 0 Å². The van der Waals surface area contributed by atoms with Gasteiger partial charge in [0.15, 0.2) is 0 Å². The van der Waals surface area contributed by atoms with Crippen molar-refractivity contribution in [1.82, 2.24) is 15.6 Å². The third-order valence-corrected chi connectivity index (χ3v) is 7.37. The quantitative estimate of drug-likeness (QED) is 0.420. The molecule has 1 heterocycles. The molecule has 0 radical (unpaired) electrons. The zero-order valence-corrected chi connectivity index (χ0v) is 19.7. The maximum Gasteiger partial charge on any atom is 0.407 e. The van der Waals surface area contributed by atoms with Crippen LogP contribution in [0.2, 0.25) is 0 Å². The molecular formula is C26H25N3O5S. The van der Waals surface area contributed by atoms with Gasteiger partial charge in [0.05, 0.1) is 17.5 Å². The van der Waals surface area contributed by atoms with E-state index < -0.39 is 29.6 Å². The van der Waals surface area contributed by atoms with Gasteiger partial charge in [0, 0.05) is 23.4 Å². The Balaban J connectivity index is 1.26. The predicted octanol–water partition coefficient (Wildman–Crippen LogP) is 3.72. The number of hydrogen-bond acceptors (Lipinski definition) is 6. The van der Waals surface area contributed by atoms with Crippen molar-refractivity contribution in [3.05, 3.63) is 76.2 Å². The fraction of sp³-hybridized carbons (Fsp3) is 0.308. The van der Waals surface area contributed by atoms with Crippen LogP contribution in [0.4, 0.5) is 4.79 Å². The molecule has 5 rings (SSSR count). The lowest BCUT2D eigenvalue weighted by molar-refractivity contribution is -0.138. The van der Waals surface area contributed by atoms with E-state index in [1.807, 2.05) is 36.4 Å². The molecule has 1 saturated carbocycles. The number of carboxylic acids is 1. The van der Waals surface area contributed by atoms with Gasteiger partial charge in [-0.05, 0) is 35.1 Å². The number of carbonyl (C=O) groups is 3. The van der Waals surface area contributed by atoms with Gasteiger partial charge >= 0.3 is 12.1 Å². The van der Waals surface area contributed by atoms with E-state index in [0.29, 0.717) is 12.8 Å². The number of carboxylic acid groups (broad SMARTS) is 1. The first-order valence-electron chi connectivity index (χ1n) is 11.5. The molecule has 8 nitrogen and oxygen atoms in total. The number of alkyl carbamates (subject to hydrolysis) is 1. The molecule has 0 spiro atoms. The van der Waals surface area contributed by atoms with Crippen LogP contribution in [0.3, 0.4) is 0 Å². The second kappa shape index (κ2) is 9.50. The summed E-state index contributed by atoms with van der Waals surface area (Å²) in [5.74, 6) is -1.48. The second-order valence-corrected chi connectivity index (χ2v) is 10.0. The highest BCUT2D eigenvalue weighted by atomic mass is 32.1. The van der Waals surface area contributed by atoms with Crippen molar-refractivity contribution in [3.8, 4) is 11.1 Å². The van der Waals surface area contributed by atoms with Crippen molar-refractivity contribution < 1.29 is 24.2 Å². The lowest BCUT2D eigenvalue weighted by atomic mass is 9.98. The number of rotatable bonds is 9. The van der Waals surface area contributed by atoms with E-state index >= 15 is 0 Å². The fourth-order valence-corrected chi connectivity index (χ4v) is 5.31. The highest BCUT2D eigenvalue weighted by Gasteiger charge is 2.46. The van der Waals surface area contributed by atoms with Crippen molar-refractivity contribution in [3.63, 3.8) is 0 Å². The van der Waals surface area contributed by atoms with Crippen LogP contribution >= 0.6 is 11.3 Å². The third kappa shape index (κ3) is 5.05. The number of nitrogens with one attached hydrogen (secondary N) is 2. The number of nitrogens with zero attached hydrogens (tertiary/aromatic N) is 1. The number of thiazole rings is 1. The van der Waals surface area contributed by atoms with E-state index in [1.54, 1.807) is 11.7 Å². The molecule has 0 aliphatic heterocycles. The first-order valence-corrected chi connectivity index (χ1v) is 12.3. The summed E-state index contributed by atoms with van der Waals surface area (Å²) in [6.45, 7) is 0.137. The largest absolute Gasteiger partial charge is 0.481 e. The van der Waals surface area contributed by atoms with Crippen molar-refractivity contribution in [2.45, 2.75) is 43.2 Å². The van der Waals surface area contributed by atoms with E-state index in [-0.39, 0.29) is 25.4 Å². The van der Waals surface area contributed by atoms with Gasteiger partial charge in [0.25, 0.3) is 0 Å². The minimum absolute atomic E-state index is 0.0905. The minimum atomic E-state index is -0.966. The number of fused-ring (bicyclic) bond motifs is 3. The lowest BCUT2D eigenvalue weighted by Gasteiger charge is -2.22. The fourth-order valence-electron chi connectivity index (χ4n) is 4.67. The Morgan fingerprint density at radius 2 is 1.74 bits per heavy atom. The predicted molar refractivity (Wildman–Crippen MR) is 130 cm³/mol. The molecule has 9 heteroatoms. The Morgan fingerprint density at radius 3 is 2.31 bits per heavy atom. The molecular weight excluding hydrogens is 466 g/mol. The van der Waals surface area contributed by atoms with E-state index in [9.17, 15) is 14.4 Å². The summed E-state index contributed by atoms with van der Waals surface area (Å²) >= 11 is 1.38. The van der Waals surface area contributed by atoms with Crippen molar-refractivity contribution >= 4 is 29.3 Å². The van der Waals surface area contributed by atoms with E-state index in [0.717, 1.165) is 27.1 Å². The highest BCUT2D eigenvalue weighted by molar-refractivity contribution is 7.09. The summed E-state index contributed by atoms with van der Waals surface area (Å²) in [7, 11) is 0. The molecule has 180 valence electrons. The number of benzene rings is 2. The van der Waals surface area contributed by atoms with Crippen LogP contribution in [-0.4, -0.2) is 46.2 Å². The van der Waals surface area contributed by atoms with Crippen molar-refractivity contribution in [1.29, 1.82) is 0 Å². The Hall–Kier alpha value is -3.72. The SMILES string of the molecule is O=C(O)CC1(NC(=O)C(Cc2cncs2)NC(=O)OCC2c3ccccc3-c3ccccc32)CC1. The summed E-state index contributed by atoms with van der Waals surface area (Å²) in [6, 6.07) is 15.2. The highest BCUT2D eigenvalue weighted by Crippen LogP contribution is 2.44. The number of aliphatic carboxylic acids is 1. The normalized spacial score (nSPS) is 16.0. The first-order chi connectivity index (χ1) is 16.9. The van der Waals surface area contributed by atoms with E-state index in [4.69, 9.17) is 9.84 Å². The Morgan fingerprint density at radius 1 is 1.09 bits per heavy atom. The molecule has 2 aliphatic rings. The van der Waals surface area contributed by atoms with E-state index in [1.165, 1.54) is 11.3 Å². The molecule has 2 amide bonds. The van der Waals surface area contributed by atoms with Gasteiger partial charge in [-0.3, -0.25) is 14.6 Å². The Bertz CT molecular complexity index is 1210. The Labute approximate surface area is 206 Å². The van der Waals surface area contributed by atoms with Crippen LogP contribution in [0, 0.1) is 0 Å². The van der Waals surface area contributed by atoms with Crippen molar-refractivity contribution in [2.75, 3.05) is 6.61 Å². The van der Waals surface area contributed by atoms with Gasteiger partial charge in [-0.1, -0.05) is 48.5 Å². The smallest absolute Gasteiger partial charge is 0.407 e. The molecule has 2 aliphatic carbocycles.